The lowest BCUT2D eigenvalue weighted by Crippen LogP contribution is -2.49. The Kier molecular flexibility index (Phi) is 3.70. The minimum absolute atomic E-state index is 0.286. The van der Waals surface area contributed by atoms with Crippen molar-refractivity contribution < 1.29 is 18.3 Å². The molecule has 1 heterocycles. The van der Waals surface area contributed by atoms with Crippen molar-refractivity contribution in [2.75, 3.05) is 31.9 Å². The highest BCUT2D eigenvalue weighted by Crippen LogP contribution is 2.27. The Bertz CT molecular complexity index is 383. The molecular weight excluding hydrogens is 244 g/mol. The van der Waals surface area contributed by atoms with Gasteiger partial charge in [-0.1, -0.05) is 0 Å². The summed E-state index contributed by atoms with van der Waals surface area (Å²) in [4.78, 5) is 12.7. The number of carboxylic acid groups (broad SMARTS) is 1. The van der Waals surface area contributed by atoms with E-state index >= 15 is 0 Å². The fourth-order valence-corrected chi connectivity index (χ4v) is 3.54. The molecule has 0 amide bonds. The molecule has 0 aromatic carbocycles. The Morgan fingerprint density at radius 2 is 1.76 bits per heavy atom. The van der Waals surface area contributed by atoms with Crippen LogP contribution in [0.15, 0.2) is 0 Å². The van der Waals surface area contributed by atoms with Crippen LogP contribution in [0, 0.1) is 0 Å². The number of hydrogen-bond acceptors (Lipinski definition) is 4. The largest absolute Gasteiger partial charge is 0.481 e. The first kappa shape index (κ1) is 12.8. The molecule has 17 heavy (non-hydrogen) atoms. The van der Waals surface area contributed by atoms with Crippen molar-refractivity contribution in [2.45, 2.75) is 25.3 Å². The predicted octanol–water partition coefficient (Wildman–Crippen LogP) is -0.429. The molecule has 2 rings (SSSR count). The third-order valence-electron chi connectivity index (χ3n) is 3.30. The van der Waals surface area contributed by atoms with E-state index in [0.29, 0.717) is 19.1 Å². The molecule has 0 atom stereocenters. The molecule has 1 N–H and O–H groups in total. The number of nitrogens with zero attached hydrogens (tertiary/aromatic N) is 2. The third kappa shape index (κ3) is 3.40. The van der Waals surface area contributed by atoms with Gasteiger partial charge in [0.15, 0.2) is 0 Å². The topological polar surface area (TPSA) is 77.9 Å². The zero-order valence-electron chi connectivity index (χ0n) is 9.71. The first-order valence-corrected chi connectivity index (χ1v) is 7.53. The first-order chi connectivity index (χ1) is 7.99. The fraction of sp³-hybridized carbons (Fsp3) is 0.900. The maximum Gasteiger partial charge on any atom is 0.304 e. The highest BCUT2D eigenvalue weighted by Gasteiger charge is 2.34. The molecule has 0 unspecified atom stereocenters. The normalized spacial score (nSPS) is 23.8. The van der Waals surface area contributed by atoms with E-state index in [9.17, 15) is 13.2 Å². The number of piperazine rings is 1. The quantitative estimate of drug-likeness (QED) is 0.727. The van der Waals surface area contributed by atoms with Gasteiger partial charge in [0.05, 0.1) is 12.2 Å². The molecule has 2 fully saturated rings. The molecule has 0 bridgehead atoms. The molecular formula is C10H18N2O4S. The van der Waals surface area contributed by atoms with E-state index < -0.39 is 16.0 Å². The highest BCUT2D eigenvalue weighted by molar-refractivity contribution is 7.89. The molecule has 6 nitrogen and oxygen atoms in total. The van der Waals surface area contributed by atoms with Gasteiger partial charge >= 0.3 is 5.97 Å². The lowest BCUT2D eigenvalue weighted by atomic mass is 10.3. The molecule has 1 saturated heterocycles. The zero-order valence-corrected chi connectivity index (χ0v) is 10.5. The molecule has 0 aromatic heterocycles. The van der Waals surface area contributed by atoms with Gasteiger partial charge in [-0.2, -0.15) is 4.31 Å². The van der Waals surface area contributed by atoms with Crippen LogP contribution in [-0.4, -0.2) is 66.7 Å². The molecule has 98 valence electrons. The van der Waals surface area contributed by atoms with Gasteiger partial charge < -0.3 is 5.11 Å². The molecule has 2 aliphatic rings. The average Bonchev–Trinajstić information content (AvgIpc) is 3.11. The summed E-state index contributed by atoms with van der Waals surface area (Å²) >= 11 is 0. The van der Waals surface area contributed by atoms with Crippen LogP contribution >= 0.6 is 0 Å². The van der Waals surface area contributed by atoms with Crippen molar-refractivity contribution in [1.82, 2.24) is 9.21 Å². The lowest BCUT2D eigenvalue weighted by molar-refractivity contribution is -0.136. The summed E-state index contributed by atoms with van der Waals surface area (Å²) in [5.74, 6) is -1.35. The number of hydrogen-bond donors (Lipinski definition) is 1. The van der Waals surface area contributed by atoms with Crippen LogP contribution in [0.3, 0.4) is 0 Å². The number of carboxylic acids is 1. The molecule has 0 radical (unpaired) electrons. The summed E-state index contributed by atoms with van der Waals surface area (Å²) < 4.78 is 25.1. The Morgan fingerprint density at radius 1 is 1.18 bits per heavy atom. The van der Waals surface area contributed by atoms with Crippen molar-refractivity contribution in [1.29, 1.82) is 0 Å². The van der Waals surface area contributed by atoms with E-state index in [0.717, 1.165) is 13.1 Å². The summed E-state index contributed by atoms with van der Waals surface area (Å²) in [7, 11) is -3.38. The van der Waals surface area contributed by atoms with Gasteiger partial charge in [-0.05, 0) is 12.8 Å². The van der Waals surface area contributed by atoms with E-state index in [1.165, 1.54) is 17.1 Å². The van der Waals surface area contributed by atoms with Crippen LogP contribution in [0.25, 0.3) is 0 Å². The maximum atomic E-state index is 11.8. The second-order valence-electron chi connectivity index (χ2n) is 4.63. The van der Waals surface area contributed by atoms with Crippen LogP contribution in [0.4, 0.5) is 0 Å². The minimum atomic E-state index is -3.38. The molecule has 7 heteroatoms. The molecule has 1 aliphatic carbocycles. The van der Waals surface area contributed by atoms with Crippen LogP contribution in [0.1, 0.15) is 19.3 Å². The zero-order chi connectivity index (χ0) is 12.5. The summed E-state index contributed by atoms with van der Waals surface area (Å²) in [5.41, 5.74) is 0. The van der Waals surface area contributed by atoms with Crippen molar-refractivity contribution in [3.8, 4) is 0 Å². The monoisotopic (exact) mass is 262 g/mol. The molecule has 0 aromatic rings. The Labute approximate surface area is 101 Å². The third-order valence-corrected chi connectivity index (χ3v) is 5.18. The van der Waals surface area contributed by atoms with E-state index in [1.807, 2.05) is 0 Å². The van der Waals surface area contributed by atoms with E-state index in [1.54, 1.807) is 0 Å². The Balaban J connectivity index is 1.83. The van der Waals surface area contributed by atoms with Gasteiger partial charge in [0, 0.05) is 32.2 Å². The highest BCUT2D eigenvalue weighted by atomic mass is 32.2. The molecule has 1 saturated carbocycles. The Morgan fingerprint density at radius 3 is 2.24 bits per heavy atom. The standard InChI is InChI=1S/C10H18N2O4S/c13-10(14)3-8-17(15,16)12-6-4-11(5-7-12)9-1-2-9/h9H,1-8H2,(H,13,14). The van der Waals surface area contributed by atoms with Crippen LogP contribution in [-0.2, 0) is 14.8 Å². The summed E-state index contributed by atoms with van der Waals surface area (Å²) in [6, 6.07) is 0.666. The van der Waals surface area contributed by atoms with Gasteiger partial charge in [-0.25, -0.2) is 8.42 Å². The average molecular weight is 262 g/mol. The molecule has 1 aliphatic heterocycles. The predicted molar refractivity (Wildman–Crippen MR) is 62.2 cm³/mol. The number of rotatable bonds is 5. The minimum Gasteiger partial charge on any atom is -0.481 e. The maximum absolute atomic E-state index is 11.8. The van der Waals surface area contributed by atoms with Crippen molar-refractivity contribution in [3.63, 3.8) is 0 Å². The van der Waals surface area contributed by atoms with Crippen LogP contribution < -0.4 is 0 Å². The van der Waals surface area contributed by atoms with E-state index in [2.05, 4.69) is 4.90 Å². The van der Waals surface area contributed by atoms with Gasteiger partial charge in [0.1, 0.15) is 0 Å². The fourth-order valence-electron chi connectivity index (χ4n) is 2.13. The molecule has 0 spiro atoms. The van der Waals surface area contributed by atoms with E-state index in [4.69, 9.17) is 5.11 Å². The van der Waals surface area contributed by atoms with Gasteiger partial charge in [0.25, 0.3) is 0 Å². The van der Waals surface area contributed by atoms with Crippen LogP contribution in [0.2, 0.25) is 0 Å². The number of aliphatic carboxylic acids is 1. The van der Waals surface area contributed by atoms with Gasteiger partial charge in [-0.3, -0.25) is 9.69 Å². The smallest absolute Gasteiger partial charge is 0.304 e. The second kappa shape index (κ2) is 4.91. The summed E-state index contributed by atoms with van der Waals surface area (Å²) in [6.07, 6.45) is 2.14. The van der Waals surface area contributed by atoms with Crippen molar-refractivity contribution in [2.24, 2.45) is 0 Å². The van der Waals surface area contributed by atoms with E-state index in [-0.39, 0.29) is 12.2 Å². The lowest BCUT2D eigenvalue weighted by Gasteiger charge is -2.33. The summed E-state index contributed by atoms with van der Waals surface area (Å²) in [6.45, 7) is 2.55. The van der Waals surface area contributed by atoms with Crippen LogP contribution in [0.5, 0.6) is 0 Å². The van der Waals surface area contributed by atoms with Gasteiger partial charge in [0.2, 0.25) is 10.0 Å². The number of carbonyl (C=O) groups is 1. The first-order valence-electron chi connectivity index (χ1n) is 5.93. The summed E-state index contributed by atoms with van der Waals surface area (Å²) in [5, 5.41) is 8.51. The van der Waals surface area contributed by atoms with Crippen molar-refractivity contribution in [3.05, 3.63) is 0 Å². The van der Waals surface area contributed by atoms with Gasteiger partial charge in [-0.15, -0.1) is 0 Å². The SMILES string of the molecule is O=C(O)CCS(=O)(=O)N1CCN(C2CC2)CC1. The Hall–Kier alpha value is -0.660. The second-order valence-corrected chi connectivity index (χ2v) is 6.71. The number of sulfonamides is 1. The van der Waals surface area contributed by atoms with Crippen molar-refractivity contribution >= 4 is 16.0 Å².